The largest absolute Gasteiger partial charge is 0.466 e. The molecule has 0 radical (unpaired) electrons. The average Bonchev–Trinajstić information content (AvgIpc) is 3.04. The SMILES string of the molecule is CCOC(=O)Cc1ccc(NC(=O)N[C@H]2CCN(c3ccc(C)cc3)C2=O)cc1. The summed E-state index contributed by atoms with van der Waals surface area (Å²) in [4.78, 5) is 38.1. The van der Waals surface area contributed by atoms with Crippen molar-refractivity contribution < 1.29 is 19.1 Å². The van der Waals surface area contributed by atoms with E-state index in [0.29, 0.717) is 25.3 Å². The second-order valence-electron chi connectivity index (χ2n) is 6.94. The molecule has 3 amide bonds. The van der Waals surface area contributed by atoms with E-state index >= 15 is 0 Å². The van der Waals surface area contributed by atoms with E-state index in [1.807, 2.05) is 31.2 Å². The Hall–Kier alpha value is -3.35. The van der Waals surface area contributed by atoms with Gasteiger partial charge in [-0.3, -0.25) is 9.59 Å². The highest BCUT2D eigenvalue weighted by atomic mass is 16.5. The first kappa shape index (κ1) is 20.4. The minimum Gasteiger partial charge on any atom is -0.466 e. The number of carbonyl (C=O) groups is 3. The van der Waals surface area contributed by atoms with Gasteiger partial charge in [0.15, 0.2) is 0 Å². The van der Waals surface area contributed by atoms with Crippen LogP contribution in [0.2, 0.25) is 0 Å². The molecule has 1 fully saturated rings. The summed E-state index contributed by atoms with van der Waals surface area (Å²) in [6.07, 6.45) is 0.740. The highest BCUT2D eigenvalue weighted by Gasteiger charge is 2.33. The van der Waals surface area contributed by atoms with Gasteiger partial charge in [0.25, 0.3) is 0 Å². The molecule has 29 heavy (non-hydrogen) atoms. The maximum Gasteiger partial charge on any atom is 0.319 e. The third-order valence-electron chi connectivity index (χ3n) is 4.72. The molecule has 1 saturated heterocycles. The monoisotopic (exact) mass is 395 g/mol. The lowest BCUT2D eigenvalue weighted by Gasteiger charge is -2.17. The molecule has 0 spiro atoms. The molecular weight excluding hydrogens is 370 g/mol. The molecule has 0 aromatic heterocycles. The van der Waals surface area contributed by atoms with E-state index in [4.69, 9.17) is 4.74 Å². The number of carbonyl (C=O) groups excluding carboxylic acids is 3. The first-order valence-corrected chi connectivity index (χ1v) is 9.66. The molecular formula is C22H25N3O4. The fraction of sp³-hybridized carbons (Fsp3) is 0.318. The molecule has 1 aliphatic rings. The first-order valence-electron chi connectivity index (χ1n) is 9.66. The molecule has 1 aliphatic heterocycles. The van der Waals surface area contributed by atoms with Crippen LogP contribution in [0.25, 0.3) is 0 Å². The summed E-state index contributed by atoms with van der Waals surface area (Å²) in [5, 5.41) is 5.46. The van der Waals surface area contributed by atoms with E-state index in [9.17, 15) is 14.4 Å². The number of nitrogens with one attached hydrogen (secondary N) is 2. The van der Waals surface area contributed by atoms with Crippen LogP contribution in [0.15, 0.2) is 48.5 Å². The van der Waals surface area contributed by atoms with Gasteiger partial charge in [-0.05, 0) is 50.1 Å². The number of hydrogen-bond donors (Lipinski definition) is 2. The molecule has 7 heteroatoms. The summed E-state index contributed by atoms with van der Waals surface area (Å²) in [5.41, 5.74) is 3.34. The zero-order valence-corrected chi connectivity index (χ0v) is 16.6. The molecule has 0 unspecified atom stereocenters. The van der Waals surface area contributed by atoms with E-state index in [-0.39, 0.29) is 18.3 Å². The van der Waals surface area contributed by atoms with Gasteiger partial charge in [0.1, 0.15) is 6.04 Å². The van der Waals surface area contributed by atoms with Crippen LogP contribution in [0, 0.1) is 6.92 Å². The fourth-order valence-electron chi connectivity index (χ4n) is 3.20. The lowest BCUT2D eigenvalue weighted by molar-refractivity contribution is -0.142. The molecule has 0 aliphatic carbocycles. The molecule has 0 bridgehead atoms. The first-order chi connectivity index (χ1) is 14.0. The number of aryl methyl sites for hydroxylation is 1. The minimum absolute atomic E-state index is 0.117. The number of nitrogens with zero attached hydrogens (tertiary/aromatic N) is 1. The molecule has 2 N–H and O–H groups in total. The van der Waals surface area contributed by atoms with Gasteiger partial charge >= 0.3 is 12.0 Å². The van der Waals surface area contributed by atoms with Crippen molar-refractivity contribution in [2.75, 3.05) is 23.4 Å². The highest BCUT2D eigenvalue weighted by Crippen LogP contribution is 2.22. The summed E-state index contributed by atoms with van der Waals surface area (Å²) in [6, 6.07) is 13.7. The average molecular weight is 395 g/mol. The van der Waals surface area contributed by atoms with Gasteiger partial charge in [-0.25, -0.2) is 4.79 Å². The van der Waals surface area contributed by atoms with Crippen molar-refractivity contribution in [1.29, 1.82) is 0 Å². The minimum atomic E-state index is -0.556. The van der Waals surface area contributed by atoms with Gasteiger partial charge in [0, 0.05) is 17.9 Å². The van der Waals surface area contributed by atoms with Gasteiger partial charge < -0.3 is 20.3 Å². The number of rotatable bonds is 6. The zero-order chi connectivity index (χ0) is 20.8. The smallest absolute Gasteiger partial charge is 0.319 e. The van der Waals surface area contributed by atoms with Gasteiger partial charge in [0.2, 0.25) is 5.91 Å². The molecule has 2 aromatic carbocycles. The van der Waals surface area contributed by atoms with E-state index in [1.165, 1.54) is 0 Å². The summed E-state index contributed by atoms with van der Waals surface area (Å²) in [7, 11) is 0. The highest BCUT2D eigenvalue weighted by molar-refractivity contribution is 6.02. The molecule has 152 valence electrons. The van der Waals surface area contributed by atoms with E-state index in [2.05, 4.69) is 10.6 Å². The van der Waals surface area contributed by atoms with Gasteiger partial charge in [-0.1, -0.05) is 29.8 Å². The second-order valence-corrected chi connectivity index (χ2v) is 6.94. The Labute approximate surface area is 170 Å². The number of hydrogen-bond acceptors (Lipinski definition) is 4. The fourth-order valence-corrected chi connectivity index (χ4v) is 3.20. The summed E-state index contributed by atoms with van der Waals surface area (Å²) in [6.45, 7) is 4.67. The second kappa shape index (κ2) is 9.23. The Morgan fingerprint density at radius 3 is 2.45 bits per heavy atom. The Morgan fingerprint density at radius 2 is 1.79 bits per heavy atom. The van der Waals surface area contributed by atoms with Crippen molar-refractivity contribution >= 4 is 29.3 Å². The quantitative estimate of drug-likeness (QED) is 0.736. The van der Waals surface area contributed by atoms with Crippen LogP contribution in [-0.2, 0) is 20.7 Å². The van der Waals surface area contributed by atoms with Crippen LogP contribution in [0.5, 0.6) is 0 Å². The topological polar surface area (TPSA) is 87.7 Å². The third-order valence-corrected chi connectivity index (χ3v) is 4.72. The lowest BCUT2D eigenvalue weighted by Crippen LogP contribution is -2.43. The predicted molar refractivity (Wildman–Crippen MR) is 111 cm³/mol. The molecule has 1 atom stereocenters. The van der Waals surface area contributed by atoms with Crippen molar-refractivity contribution in [1.82, 2.24) is 5.32 Å². The van der Waals surface area contributed by atoms with Crippen LogP contribution in [0.1, 0.15) is 24.5 Å². The Bertz CT molecular complexity index is 878. The van der Waals surface area contributed by atoms with Gasteiger partial charge in [-0.15, -0.1) is 0 Å². The molecule has 0 saturated carbocycles. The number of ether oxygens (including phenoxy) is 1. The molecule has 3 rings (SSSR count). The maximum absolute atomic E-state index is 12.6. The predicted octanol–water partition coefficient (Wildman–Crippen LogP) is 3.03. The number of esters is 1. The number of urea groups is 1. The van der Waals surface area contributed by atoms with Crippen LogP contribution < -0.4 is 15.5 Å². The van der Waals surface area contributed by atoms with Crippen molar-refractivity contribution in [2.45, 2.75) is 32.7 Å². The standard InChI is InChI=1S/C22H25N3O4/c1-3-29-20(26)14-16-6-8-17(9-7-16)23-22(28)24-19-12-13-25(21(19)27)18-10-4-15(2)5-11-18/h4-11,19H,3,12-14H2,1-2H3,(H2,23,24,28)/t19-/m0/s1. The van der Waals surface area contributed by atoms with Crippen LogP contribution in [-0.4, -0.2) is 37.1 Å². The van der Waals surface area contributed by atoms with Gasteiger partial charge in [0.05, 0.1) is 13.0 Å². The van der Waals surface area contributed by atoms with E-state index in [1.54, 1.807) is 36.1 Å². The number of anilines is 2. The van der Waals surface area contributed by atoms with Crippen LogP contribution >= 0.6 is 0 Å². The molecule has 1 heterocycles. The van der Waals surface area contributed by atoms with Crippen molar-refractivity contribution in [2.24, 2.45) is 0 Å². The van der Waals surface area contributed by atoms with E-state index in [0.717, 1.165) is 16.8 Å². The Morgan fingerprint density at radius 1 is 1.10 bits per heavy atom. The summed E-state index contributed by atoms with van der Waals surface area (Å²) < 4.78 is 4.92. The zero-order valence-electron chi connectivity index (χ0n) is 16.6. The van der Waals surface area contributed by atoms with E-state index < -0.39 is 12.1 Å². The Balaban J connectivity index is 1.52. The normalized spacial score (nSPS) is 15.9. The lowest BCUT2D eigenvalue weighted by atomic mass is 10.1. The molecule has 2 aromatic rings. The van der Waals surface area contributed by atoms with Gasteiger partial charge in [-0.2, -0.15) is 0 Å². The summed E-state index contributed by atoms with van der Waals surface area (Å²) in [5.74, 6) is -0.405. The third kappa shape index (κ3) is 5.34. The maximum atomic E-state index is 12.6. The van der Waals surface area contributed by atoms with Crippen molar-refractivity contribution in [3.05, 3.63) is 59.7 Å². The van der Waals surface area contributed by atoms with Crippen molar-refractivity contribution in [3.8, 4) is 0 Å². The van der Waals surface area contributed by atoms with Crippen LogP contribution in [0.4, 0.5) is 16.2 Å². The summed E-state index contributed by atoms with van der Waals surface area (Å²) >= 11 is 0. The van der Waals surface area contributed by atoms with Crippen molar-refractivity contribution in [3.63, 3.8) is 0 Å². The number of benzene rings is 2. The van der Waals surface area contributed by atoms with Crippen LogP contribution in [0.3, 0.4) is 0 Å². The number of amides is 3. The Kier molecular flexibility index (Phi) is 6.49. The molecule has 7 nitrogen and oxygen atoms in total.